The minimum absolute atomic E-state index is 0.0512. The van der Waals surface area contributed by atoms with Crippen LogP contribution in [-0.4, -0.2) is 27.8 Å². The van der Waals surface area contributed by atoms with Crippen LogP contribution in [0.15, 0.2) is 36.5 Å². The van der Waals surface area contributed by atoms with Gasteiger partial charge in [-0.05, 0) is 18.2 Å². The summed E-state index contributed by atoms with van der Waals surface area (Å²) in [4.78, 5) is 42.3. The molecule has 0 spiro atoms. The highest BCUT2D eigenvalue weighted by Crippen LogP contribution is 2.29. The highest BCUT2D eigenvalue weighted by Gasteiger charge is 2.39. The van der Waals surface area contributed by atoms with Gasteiger partial charge in [-0.15, -0.1) is 0 Å². The van der Waals surface area contributed by atoms with Crippen LogP contribution in [0.3, 0.4) is 0 Å². The number of aromatic amines is 1. The van der Waals surface area contributed by atoms with Gasteiger partial charge in [-0.3, -0.25) is 9.59 Å². The van der Waals surface area contributed by atoms with Crippen molar-refractivity contribution >= 4 is 17.8 Å². The van der Waals surface area contributed by atoms with E-state index < -0.39 is 35.2 Å². The SMILES string of the molecule is O=C(ON1C(=O)c2ccccc2C1=O)c1c[nH]c(C(F)(F)F)c1. The summed E-state index contributed by atoms with van der Waals surface area (Å²) in [6.45, 7) is 0. The summed E-state index contributed by atoms with van der Waals surface area (Å²) in [7, 11) is 0. The lowest BCUT2D eigenvalue weighted by atomic mass is 10.1. The summed E-state index contributed by atoms with van der Waals surface area (Å²) in [5.74, 6) is -2.97. The second-order valence-electron chi connectivity index (χ2n) is 4.63. The summed E-state index contributed by atoms with van der Waals surface area (Å²) < 4.78 is 37.4. The highest BCUT2D eigenvalue weighted by atomic mass is 19.4. The molecule has 1 aliphatic heterocycles. The Hall–Kier alpha value is -3.10. The molecule has 1 aromatic carbocycles. The predicted octanol–water partition coefficient (Wildman–Crippen LogP) is 2.40. The van der Waals surface area contributed by atoms with Gasteiger partial charge in [0.15, 0.2) is 0 Å². The van der Waals surface area contributed by atoms with E-state index in [1.165, 1.54) is 24.3 Å². The molecule has 1 aliphatic rings. The molecule has 9 heteroatoms. The number of hydrogen-bond acceptors (Lipinski definition) is 4. The van der Waals surface area contributed by atoms with Crippen LogP contribution in [0.2, 0.25) is 0 Å². The number of fused-ring (bicyclic) bond motifs is 1. The number of hydroxylamine groups is 2. The van der Waals surface area contributed by atoms with E-state index in [0.29, 0.717) is 6.07 Å². The maximum atomic E-state index is 12.5. The van der Waals surface area contributed by atoms with Crippen molar-refractivity contribution in [1.82, 2.24) is 10.0 Å². The number of alkyl halides is 3. The Labute approximate surface area is 126 Å². The lowest BCUT2D eigenvalue weighted by Crippen LogP contribution is -2.32. The van der Waals surface area contributed by atoms with E-state index in [1.54, 1.807) is 0 Å². The number of carbonyl (C=O) groups is 3. The number of amides is 2. The third-order valence-electron chi connectivity index (χ3n) is 3.16. The first kappa shape index (κ1) is 14.8. The molecule has 0 saturated carbocycles. The van der Waals surface area contributed by atoms with Gasteiger partial charge in [0, 0.05) is 6.20 Å². The fraction of sp³-hybridized carbons (Fsp3) is 0.0714. The first-order valence-corrected chi connectivity index (χ1v) is 6.25. The van der Waals surface area contributed by atoms with Crippen LogP contribution in [0, 0.1) is 0 Å². The van der Waals surface area contributed by atoms with Crippen LogP contribution in [0.1, 0.15) is 36.8 Å². The number of benzene rings is 1. The van der Waals surface area contributed by atoms with Gasteiger partial charge in [-0.1, -0.05) is 17.2 Å². The van der Waals surface area contributed by atoms with Gasteiger partial charge in [0.05, 0.1) is 16.7 Å². The summed E-state index contributed by atoms with van der Waals surface area (Å²) in [5.41, 5.74) is -1.51. The van der Waals surface area contributed by atoms with E-state index in [9.17, 15) is 27.6 Å². The van der Waals surface area contributed by atoms with E-state index >= 15 is 0 Å². The molecule has 23 heavy (non-hydrogen) atoms. The molecule has 0 radical (unpaired) electrons. The highest BCUT2D eigenvalue weighted by molar-refractivity contribution is 6.21. The molecular weight excluding hydrogens is 317 g/mol. The first-order valence-electron chi connectivity index (χ1n) is 6.25. The minimum atomic E-state index is -4.66. The minimum Gasteiger partial charge on any atom is -0.357 e. The summed E-state index contributed by atoms with van der Waals surface area (Å²) in [6, 6.07) is 6.33. The fourth-order valence-corrected chi connectivity index (χ4v) is 2.06. The van der Waals surface area contributed by atoms with Gasteiger partial charge in [0.2, 0.25) is 0 Å². The van der Waals surface area contributed by atoms with Crippen molar-refractivity contribution in [1.29, 1.82) is 0 Å². The zero-order chi connectivity index (χ0) is 16.8. The summed E-state index contributed by atoms with van der Waals surface area (Å²) >= 11 is 0. The number of rotatable bonds is 2. The average Bonchev–Trinajstić information content (AvgIpc) is 3.08. The van der Waals surface area contributed by atoms with Crippen LogP contribution in [0.5, 0.6) is 0 Å². The summed E-state index contributed by atoms with van der Waals surface area (Å²) in [6.07, 6.45) is -3.88. The molecule has 0 saturated heterocycles. The number of nitrogens with one attached hydrogen (secondary N) is 1. The Morgan fingerprint density at radius 3 is 2.13 bits per heavy atom. The van der Waals surface area contributed by atoms with Crippen LogP contribution < -0.4 is 0 Å². The average molecular weight is 324 g/mol. The number of imide groups is 1. The molecule has 2 amide bonds. The Bertz CT molecular complexity index is 790. The molecule has 1 aromatic heterocycles. The molecule has 3 rings (SSSR count). The zero-order valence-corrected chi connectivity index (χ0v) is 11.2. The van der Waals surface area contributed by atoms with Crippen molar-refractivity contribution < 1.29 is 32.4 Å². The molecule has 118 valence electrons. The topological polar surface area (TPSA) is 79.5 Å². The van der Waals surface area contributed by atoms with Gasteiger partial charge in [0.1, 0.15) is 5.69 Å². The molecule has 2 aromatic rings. The Kier molecular flexibility index (Phi) is 3.20. The Balaban J connectivity index is 1.81. The maximum absolute atomic E-state index is 12.5. The van der Waals surface area contributed by atoms with Crippen LogP contribution in [-0.2, 0) is 11.0 Å². The second-order valence-corrected chi connectivity index (χ2v) is 4.63. The second kappa shape index (κ2) is 4.97. The molecule has 0 bridgehead atoms. The van der Waals surface area contributed by atoms with E-state index in [2.05, 4.69) is 4.84 Å². The molecule has 0 unspecified atom stereocenters. The number of halogens is 3. The van der Waals surface area contributed by atoms with Crippen LogP contribution >= 0.6 is 0 Å². The predicted molar refractivity (Wildman–Crippen MR) is 68.2 cm³/mol. The third-order valence-corrected chi connectivity index (χ3v) is 3.16. The quantitative estimate of drug-likeness (QED) is 0.860. The lowest BCUT2D eigenvalue weighted by molar-refractivity contribution is -0.140. The van der Waals surface area contributed by atoms with Crippen LogP contribution in [0.25, 0.3) is 0 Å². The Morgan fingerprint density at radius 2 is 1.65 bits per heavy atom. The number of carbonyl (C=O) groups excluding carboxylic acids is 3. The van der Waals surface area contributed by atoms with Crippen molar-refractivity contribution in [2.75, 3.05) is 0 Å². The van der Waals surface area contributed by atoms with Gasteiger partial charge in [-0.25, -0.2) is 4.79 Å². The normalized spacial score (nSPS) is 14.1. The van der Waals surface area contributed by atoms with E-state index in [0.717, 1.165) is 6.20 Å². The van der Waals surface area contributed by atoms with Gasteiger partial charge in [-0.2, -0.15) is 13.2 Å². The van der Waals surface area contributed by atoms with Crippen molar-refractivity contribution in [3.05, 3.63) is 58.9 Å². The third kappa shape index (κ3) is 2.45. The largest absolute Gasteiger partial charge is 0.431 e. The van der Waals surface area contributed by atoms with Crippen molar-refractivity contribution in [2.24, 2.45) is 0 Å². The molecule has 0 atom stereocenters. The van der Waals surface area contributed by atoms with Crippen molar-refractivity contribution in [3.8, 4) is 0 Å². The maximum Gasteiger partial charge on any atom is 0.431 e. The molecule has 0 aliphatic carbocycles. The van der Waals surface area contributed by atoms with Crippen molar-refractivity contribution in [3.63, 3.8) is 0 Å². The molecule has 0 fully saturated rings. The summed E-state index contributed by atoms with van der Waals surface area (Å²) in [5, 5.41) is 0.229. The lowest BCUT2D eigenvalue weighted by Gasteiger charge is -2.11. The number of hydrogen-bond donors (Lipinski definition) is 1. The first-order chi connectivity index (χ1) is 10.8. The fourth-order valence-electron chi connectivity index (χ4n) is 2.06. The number of nitrogens with zero attached hydrogens (tertiary/aromatic N) is 1. The van der Waals surface area contributed by atoms with E-state index in [4.69, 9.17) is 0 Å². The molecular formula is C14H7F3N2O4. The van der Waals surface area contributed by atoms with E-state index in [-0.39, 0.29) is 16.2 Å². The van der Waals surface area contributed by atoms with Crippen molar-refractivity contribution in [2.45, 2.75) is 6.18 Å². The van der Waals surface area contributed by atoms with Gasteiger partial charge >= 0.3 is 12.1 Å². The van der Waals surface area contributed by atoms with E-state index in [1.807, 2.05) is 4.98 Å². The molecule has 2 heterocycles. The number of aromatic nitrogens is 1. The monoisotopic (exact) mass is 324 g/mol. The molecule has 6 nitrogen and oxygen atoms in total. The smallest absolute Gasteiger partial charge is 0.357 e. The van der Waals surface area contributed by atoms with Gasteiger partial charge in [0.25, 0.3) is 11.8 Å². The number of H-pyrrole nitrogens is 1. The van der Waals surface area contributed by atoms with Gasteiger partial charge < -0.3 is 9.82 Å². The Morgan fingerprint density at radius 1 is 1.09 bits per heavy atom. The molecule has 1 N–H and O–H groups in total. The van der Waals surface area contributed by atoms with Crippen LogP contribution in [0.4, 0.5) is 13.2 Å². The standard InChI is InChI=1S/C14H7F3N2O4/c15-14(16,17)10-5-7(6-18-10)13(22)23-19-11(20)8-3-1-2-4-9(8)12(19)21/h1-6,18H. The zero-order valence-electron chi connectivity index (χ0n) is 11.2.